The van der Waals surface area contributed by atoms with Crippen LogP contribution in [0.3, 0.4) is 0 Å². The van der Waals surface area contributed by atoms with Gasteiger partial charge in [-0.2, -0.15) is 5.26 Å². The summed E-state index contributed by atoms with van der Waals surface area (Å²) in [6, 6.07) is 18.8. The van der Waals surface area contributed by atoms with E-state index in [0.29, 0.717) is 0 Å². The molecule has 0 saturated carbocycles. The number of rotatable bonds is 4. The first-order valence-electron chi connectivity index (χ1n) is 6.05. The quantitative estimate of drug-likeness (QED) is 0.737. The van der Waals surface area contributed by atoms with E-state index in [-0.39, 0.29) is 5.25 Å². The van der Waals surface area contributed by atoms with Crippen molar-refractivity contribution in [1.29, 1.82) is 5.26 Å². The van der Waals surface area contributed by atoms with Crippen molar-refractivity contribution >= 4 is 27.7 Å². The fourth-order valence-corrected chi connectivity index (χ4v) is 3.32. The van der Waals surface area contributed by atoms with Crippen molar-refractivity contribution < 1.29 is 0 Å². The first-order chi connectivity index (χ1) is 9.17. The molecule has 0 bridgehead atoms. The number of aryl methyl sites for hydroxylation is 1. The van der Waals surface area contributed by atoms with Crippen LogP contribution in [-0.2, 0) is 6.42 Å². The molecule has 0 amide bonds. The van der Waals surface area contributed by atoms with E-state index < -0.39 is 0 Å². The molecule has 0 aliphatic heterocycles. The maximum absolute atomic E-state index is 9.29. The highest BCUT2D eigenvalue weighted by Gasteiger charge is 2.10. The molecule has 1 atom stereocenters. The van der Waals surface area contributed by atoms with Gasteiger partial charge in [0.25, 0.3) is 0 Å². The number of nitriles is 1. The van der Waals surface area contributed by atoms with E-state index in [1.807, 2.05) is 24.3 Å². The maximum atomic E-state index is 9.29. The summed E-state index contributed by atoms with van der Waals surface area (Å²) in [5, 5.41) is 9.23. The largest absolute Gasteiger partial charge is 0.197 e. The summed E-state index contributed by atoms with van der Waals surface area (Å²) >= 11 is 5.06. The summed E-state index contributed by atoms with van der Waals surface area (Å²) in [6.07, 6.45) is 0.772. The van der Waals surface area contributed by atoms with Gasteiger partial charge in [0.2, 0.25) is 0 Å². The van der Waals surface area contributed by atoms with E-state index in [1.165, 1.54) is 11.1 Å². The number of hydrogen-bond donors (Lipinski definition) is 0. The first kappa shape index (κ1) is 14.2. The van der Waals surface area contributed by atoms with Crippen molar-refractivity contribution in [2.75, 3.05) is 0 Å². The predicted octanol–water partition coefficient (Wildman–Crippen LogP) is 4.98. The van der Waals surface area contributed by atoms with Gasteiger partial charge in [0.15, 0.2) is 0 Å². The van der Waals surface area contributed by atoms with E-state index in [4.69, 9.17) is 0 Å². The zero-order valence-electron chi connectivity index (χ0n) is 10.6. The van der Waals surface area contributed by atoms with Gasteiger partial charge in [-0.25, -0.2) is 0 Å². The van der Waals surface area contributed by atoms with Crippen molar-refractivity contribution in [3.8, 4) is 6.07 Å². The molecule has 0 N–H and O–H groups in total. The van der Waals surface area contributed by atoms with Crippen LogP contribution in [0.4, 0.5) is 0 Å². The van der Waals surface area contributed by atoms with Crippen LogP contribution < -0.4 is 0 Å². The number of nitrogens with zero attached hydrogens (tertiary/aromatic N) is 1. The van der Waals surface area contributed by atoms with E-state index >= 15 is 0 Å². The number of hydrogen-bond acceptors (Lipinski definition) is 2. The highest BCUT2D eigenvalue weighted by molar-refractivity contribution is 9.10. The van der Waals surface area contributed by atoms with Crippen LogP contribution >= 0.6 is 27.7 Å². The second-order valence-corrected chi connectivity index (χ2v) is 6.57. The lowest BCUT2D eigenvalue weighted by atomic mass is 10.1. The Kier molecular flexibility index (Phi) is 5.07. The standard InChI is InChI=1S/C16H14BrNS/c1-12-5-7-13(8-6-12)9-16(11-18)19-15-4-2-3-14(17)10-15/h2-8,10,16H,9H2,1H3. The van der Waals surface area contributed by atoms with Gasteiger partial charge in [-0.3, -0.25) is 0 Å². The third kappa shape index (κ3) is 4.41. The second kappa shape index (κ2) is 6.79. The predicted molar refractivity (Wildman–Crippen MR) is 84.3 cm³/mol. The zero-order valence-corrected chi connectivity index (χ0v) is 13.0. The normalized spacial score (nSPS) is 11.8. The average Bonchev–Trinajstić information content (AvgIpc) is 2.40. The molecule has 0 spiro atoms. The lowest BCUT2D eigenvalue weighted by Gasteiger charge is -2.09. The molecule has 1 unspecified atom stereocenters. The van der Waals surface area contributed by atoms with Gasteiger partial charge >= 0.3 is 0 Å². The average molecular weight is 332 g/mol. The monoisotopic (exact) mass is 331 g/mol. The molecule has 0 aromatic heterocycles. The number of thioether (sulfide) groups is 1. The van der Waals surface area contributed by atoms with E-state index in [2.05, 4.69) is 53.2 Å². The zero-order chi connectivity index (χ0) is 13.7. The molecular weight excluding hydrogens is 318 g/mol. The van der Waals surface area contributed by atoms with Gasteiger partial charge in [0, 0.05) is 9.37 Å². The Morgan fingerprint density at radius 1 is 1.21 bits per heavy atom. The molecule has 0 saturated heterocycles. The molecule has 3 heteroatoms. The van der Waals surface area contributed by atoms with Crippen LogP contribution in [0, 0.1) is 18.3 Å². The highest BCUT2D eigenvalue weighted by atomic mass is 79.9. The lowest BCUT2D eigenvalue weighted by Crippen LogP contribution is -2.03. The fraction of sp³-hybridized carbons (Fsp3) is 0.188. The van der Waals surface area contributed by atoms with Crippen LogP contribution in [-0.4, -0.2) is 5.25 Å². The Bertz CT molecular complexity index is 586. The van der Waals surface area contributed by atoms with Crippen molar-refractivity contribution in [2.24, 2.45) is 0 Å². The molecule has 0 fully saturated rings. The molecule has 2 aromatic carbocycles. The third-order valence-electron chi connectivity index (χ3n) is 2.76. The minimum absolute atomic E-state index is 0.0583. The van der Waals surface area contributed by atoms with Crippen molar-refractivity contribution in [3.05, 3.63) is 64.1 Å². The van der Waals surface area contributed by atoms with Gasteiger partial charge in [-0.15, -0.1) is 11.8 Å². The summed E-state index contributed by atoms with van der Waals surface area (Å²) in [6.45, 7) is 2.07. The highest BCUT2D eigenvalue weighted by Crippen LogP contribution is 2.27. The Hall–Kier alpha value is -1.24. The topological polar surface area (TPSA) is 23.8 Å². The van der Waals surface area contributed by atoms with Crippen LogP contribution in [0.5, 0.6) is 0 Å². The summed E-state index contributed by atoms with van der Waals surface area (Å²) in [5.41, 5.74) is 2.46. The molecule has 19 heavy (non-hydrogen) atoms. The van der Waals surface area contributed by atoms with Crippen LogP contribution in [0.15, 0.2) is 57.9 Å². The molecule has 0 aliphatic carbocycles. The van der Waals surface area contributed by atoms with Gasteiger partial charge in [0.05, 0.1) is 6.07 Å². The molecular formula is C16H14BrNS. The maximum Gasteiger partial charge on any atom is 0.100 e. The van der Waals surface area contributed by atoms with E-state index in [1.54, 1.807) is 11.8 Å². The Morgan fingerprint density at radius 2 is 1.95 bits per heavy atom. The fourth-order valence-electron chi connectivity index (χ4n) is 1.76. The van der Waals surface area contributed by atoms with Crippen molar-refractivity contribution in [3.63, 3.8) is 0 Å². The molecule has 2 rings (SSSR count). The molecule has 96 valence electrons. The Morgan fingerprint density at radius 3 is 2.58 bits per heavy atom. The molecule has 2 aromatic rings. The smallest absolute Gasteiger partial charge is 0.100 e. The Labute approximate surface area is 126 Å². The van der Waals surface area contributed by atoms with E-state index in [0.717, 1.165) is 15.8 Å². The molecule has 0 aliphatic rings. The first-order valence-corrected chi connectivity index (χ1v) is 7.72. The van der Waals surface area contributed by atoms with Crippen LogP contribution in [0.1, 0.15) is 11.1 Å². The van der Waals surface area contributed by atoms with Crippen LogP contribution in [0.2, 0.25) is 0 Å². The van der Waals surface area contributed by atoms with Gasteiger partial charge < -0.3 is 0 Å². The number of halogens is 1. The van der Waals surface area contributed by atoms with Gasteiger partial charge in [0.1, 0.15) is 5.25 Å². The molecule has 0 radical (unpaired) electrons. The second-order valence-electron chi connectivity index (χ2n) is 4.38. The minimum atomic E-state index is -0.0583. The summed E-state index contributed by atoms with van der Waals surface area (Å²) in [7, 11) is 0. The minimum Gasteiger partial charge on any atom is -0.197 e. The summed E-state index contributed by atoms with van der Waals surface area (Å²) < 4.78 is 1.05. The van der Waals surface area contributed by atoms with Crippen LogP contribution in [0.25, 0.3) is 0 Å². The van der Waals surface area contributed by atoms with Crippen molar-refractivity contribution in [1.82, 2.24) is 0 Å². The molecule has 0 heterocycles. The number of benzene rings is 2. The van der Waals surface area contributed by atoms with E-state index in [9.17, 15) is 5.26 Å². The Balaban J connectivity index is 2.05. The van der Waals surface area contributed by atoms with Gasteiger partial charge in [-0.1, -0.05) is 51.8 Å². The SMILES string of the molecule is Cc1ccc(CC(C#N)Sc2cccc(Br)c2)cc1. The van der Waals surface area contributed by atoms with Gasteiger partial charge in [-0.05, 0) is 37.1 Å². The third-order valence-corrected chi connectivity index (χ3v) is 4.34. The molecule has 1 nitrogen and oxygen atoms in total. The lowest BCUT2D eigenvalue weighted by molar-refractivity contribution is 1.03. The summed E-state index contributed by atoms with van der Waals surface area (Å²) in [5.74, 6) is 0. The summed E-state index contributed by atoms with van der Waals surface area (Å²) in [4.78, 5) is 1.12. The van der Waals surface area contributed by atoms with Crippen molar-refractivity contribution in [2.45, 2.75) is 23.5 Å².